The first-order chi connectivity index (χ1) is 12.4. The minimum atomic E-state index is -0.520. The summed E-state index contributed by atoms with van der Waals surface area (Å²) >= 11 is 0. The van der Waals surface area contributed by atoms with Gasteiger partial charge in [0.05, 0.1) is 5.69 Å². The van der Waals surface area contributed by atoms with Gasteiger partial charge < -0.3 is 10.1 Å². The van der Waals surface area contributed by atoms with Gasteiger partial charge in [0.15, 0.2) is 0 Å². The molecular weight excluding hydrogens is 328 g/mol. The monoisotopic (exact) mass is 350 g/mol. The third-order valence-electron chi connectivity index (χ3n) is 3.95. The van der Waals surface area contributed by atoms with Crippen molar-refractivity contribution in [3.05, 3.63) is 47.7 Å². The lowest BCUT2D eigenvalue weighted by atomic mass is 10.0. The van der Waals surface area contributed by atoms with Crippen LogP contribution < -0.4 is 10.2 Å². The van der Waals surface area contributed by atoms with E-state index in [1.807, 2.05) is 51.1 Å². The summed E-state index contributed by atoms with van der Waals surface area (Å²) in [4.78, 5) is 18.4. The van der Waals surface area contributed by atoms with Gasteiger partial charge in [-0.15, -0.1) is 0 Å². The van der Waals surface area contributed by atoms with E-state index < -0.39 is 5.60 Å². The van der Waals surface area contributed by atoms with Gasteiger partial charge in [0.2, 0.25) is 0 Å². The maximum atomic E-state index is 12.5. The first-order valence-corrected chi connectivity index (χ1v) is 8.63. The number of carbonyl (C=O) groups excluding carboxylic acids is 1. The zero-order valence-corrected chi connectivity index (χ0v) is 15.2. The highest BCUT2D eigenvalue weighted by atomic mass is 16.6. The van der Waals surface area contributed by atoms with Gasteiger partial charge in [0.1, 0.15) is 23.2 Å². The quantitative estimate of drug-likeness (QED) is 0.869. The van der Waals surface area contributed by atoms with Gasteiger partial charge in [-0.25, -0.2) is 9.78 Å². The first-order valence-electron chi connectivity index (χ1n) is 8.63. The van der Waals surface area contributed by atoms with E-state index >= 15 is 0 Å². The number of ether oxygens (including phenoxy) is 1. The molecule has 1 aliphatic heterocycles. The largest absolute Gasteiger partial charge is 0.443 e. The molecule has 0 saturated heterocycles. The van der Waals surface area contributed by atoms with Crippen LogP contribution in [-0.4, -0.2) is 23.2 Å². The van der Waals surface area contributed by atoms with Crippen molar-refractivity contribution in [1.29, 1.82) is 5.26 Å². The molecule has 0 spiro atoms. The summed E-state index contributed by atoms with van der Waals surface area (Å²) in [7, 11) is 0. The van der Waals surface area contributed by atoms with E-state index in [1.54, 1.807) is 17.0 Å². The zero-order chi connectivity index (χ0) is 18.7. The van der Waals surface area contributed by atoms with E-state index in [0.29, 0.717) is 18.1 Å². The molecule has 0 aliphatic carbocycles. The molecular formula is C20H22N4O2. The Morgan fingerprint density at radius 1 is 1.31 bits per heavy atom. The highest BCUT2D eigenvalue weighted by Gasteiger charge is 2.27. The number of aromatic nitrogens is 1. The molecule has 26 heavy (non-hydrogen) atoms. The molecule has 1 N–H and O–H groups in total. The number of nitriles is 1. The molecule has 134 valence electrons. The molecule has 2 heterocycles. The predicted molar refractivity (Wildman–Crippen MR) is 101 cm³/mol. The lowest BCUT2D eigenvalue weighted by Crippen LogP contribution is -2.39. The normalized spacial score (nSPS) is 13.5. The summed E-state index contributed by atoms with van der Waals surface area (Å²) in [5.41, 5.74) is 2.69. The fourth-order valence-electron chi connectivity index (χ4n) is 2.90. The van der Waals surface area contributed by atoms with Crippen molar-refractivity contribution in [1.82, 2.24) is 4.98 Å². The highest BCUT2D eigenvalue weighted by molar-refractivity contribution is 5.90. The van der Waals surface area contributed by atoms with Gasteiger partial charge in [-0.3, -0.25) is 4.90 Å². The molecule has 0 saturated carbocycles. The van der Waals surface area contributed by atoms with Gasteiger partial charge in [0, 0.05) is 12.2 Å². The predicted octanol–water partition coefficient (Wildman–Crippen LogP) is 4.38. The molecule has 0 bridgehead atoms. The van der Waals surface area contributed by atoms with Crippen molar-refractivity contribution in [2.45, 2.75) is 39.2 Å². The van der Waals surface area contributed by atoms with Gasteiger partial charge >= 0.3 is 6.09 Å². The number of carbonyl (C=O) groups is 1. The molecule has 1 aliphatic rings. The summed E-state index contributed by atoms with van der Waals surface area (Å²) in [6.45, 7) is 6.25. The third kappa shape index (κ3) is 4.12. The Morgan fingerprint density at radius 2 is 2.12 bits per heavy atom. The van der Waals surface area contributed by atoms with Gasteiger partial charge in [-0.05, 0) is 69.5 Å². The van der Waals surface area contributed by atoms with Crippen molar-refractivity contribution in [3.8, 4) is 6.07 Å². The van der Waals surface area contributed by atoms with Crippen molar-refractivity contribution in [2.24, 2.45) is 0 Å². The number of hydrogen-bond acceptors (Lipinski definition) is 5. The molecule has 1 aromatic heterocycles. The fourth-order valence-corrected chi connectivity index (χ4v) is 2.90. The molecule has 0 unspecified atom stereocenters. The van der Waals surface area contributed by atoms with E-state index in [9.17, 15) is 4.79 Å². The summed E-state index contributed by atoms with van der Waals surface area (Å²) in [6.07, 6.45) is 1.47. The highest BCUT2D eigenvalue weighted by Crippen LogP contribution is 2.31. The topological polar surface area (TPSA) is 78.2 Å². The number of nitrogens with zero attached hydrogens (tertiary/aromatic N) is 3. The van der Waals surface area contributed by atoms with Crippen molar-refractivity contribution < 1.29 is 9.53 Å². The van der Waals surface area contributed by atoms with Crippen LogP contribution in [-0.2, 0) is 11.2 Å². The average molecular weight is 350 g/mol. The van der Waals surface area contributed by atoms with E-state index in [0.717, 1.165) is 29.8 Å². The molecule has 0 atom stereocenters. The molecule has 0 fully saturated rings. The summed E-state index contributed by atoms with van der Waals surface area (Å²) in [5, 5.41) is 12.2. The number of nitrogens with one attached hydrogen (secondary N) is 1. The number of benzene rings is 1. The van der Waals surface area contributed by atoms with E-state index in [-0.39, 0.29) is 6.09 Å². The van der Waals surface area contributed by atoms with Crippen LogP contribution in [0.4, 0.5) is 22.0 Å². The van der Waals surface area contributed by atoms with Gasteiger partial charge in [-0.1, -0.05) is 6.07 Å². The van der Waals surface area contributed by atoms with Crippen molar-refractivity contribution in [2.75, 3.05) is 16.8 Å². The van der Waals surface area contributed by atoms with E-state index in [2.05, 4.69) is 10.3 Å². The second-order valence-electron chi connectivity index (χ2n) is 7.22. The number of rotatable bonds is 2. The summed E-state index contributed by atoms with van der Waals surface area (Å²) in [5.74, 6) is 0.615. The Balaban J connectivity index is 1.81. The molecule has 6 nitrogen and oxygen atoms in total. The Hall–Kier alpha value is -3.07. The first kappa shape index (κ1) is 17.7. The van der Waals surface area contributed by atoms with Crippen LogP contribution in [0.2, 0.25) is 0 Å². The number of pyridine rings is 1. The SMILES string of the molecule is CC(C)(C)OC(=O)N1CCCc2cc(Nc3cccc(C#N)n3)ccc21. The molecule has 6 heteroatoms. The smallest absolute Gasteiger partial charge is 0.414 e. The van der Waals surface area contributed by atoms with Crippen LogP contribution in [0.25, 0.3) is 0 Å². The third-order valence-corrected chi connectivity index (χ3v) is 3.95. The molecule has 1 aromatic carbocycles. The van der Waals surface area contributed by atoms with Crippen LogP contribution >= 0.6 is 0 Å². The Bertz CT molecular complexity index is 865. The number of hydrogen-bond donors (Lipinski definition) is 1. The Labute approximate surface area is 153 Å². The Morgan fingerprint density at radius 3 is 2.85 bits per heavy atom. The second-order valence-corrected chi connectivity index (χ2v) is 7.22. The van der Waals surface area contributed by atoms with Crippen LogP contribution in [0.1, 0.15) is 38.4 Å². The molecule has 3 rings (SSSR count). The summed E-state index contributed by atoms with van der Waals surface area (Å²) in [6, 6.07) is 13.1. The second kappa shape index (κ2) is 7.04. The number of amides is 1. The average Bonchev–Trinajstić information content (AvgIpc) is 2.59. The van der Waals surface area contributed by atoms with Gasteiger partial charge in [0.25, 0.3) is 0 Å². The number of aryl methyl sites for hydroxylation is 1. The maximum Gasteiger partial charge on any atom is 0.414 e. The lowest BCUT2D eigenvalue weighted by Gasteiger charge is -2.32. The minimum absolute atomic E-state index is 0.317. The maximum absolute atomic E-state index is 12.5. The van der Waals surface area contributed by atoms with Crippen LogP contribution in [0.15, 0.2) is 36.4 Å². The standard InChI is InChI=1S/C20H22N4O2/c1-20(2,3)26-19(25)24-11-5-6-14-12-15(9-10-17(14)24)22-18-8-4-7-16(13-21)23-18/h4,7-10,12H,5-6,11H2,1-3H3,(H,22,23). The van der Waals surface area contributed by atoms with Crippen molar-refractivity contribution >= 4 is 23.3 Å². The van der Waals surface area contributed by atoms with Crippen LogP contribution in [0.5, 0.6) is 0 Å². The van der Waals surface area contributed by atoms with E-state index in [4.69, 9.17) is 10.00 Å². The Kier molecular flexibility index (Phi) is 4.81. The molecule has 0 radical (unpaired) electrons. The van der Waals surface area contributed by atoms with Crippen LogP contribution in [0, 0.1) is 11.3 Å². The van der Waals surface area contributed by atoms with Gasteiger partial charge in [-0.2, -0.15) is 5.26 Å². The van der Waals surface area contributed by atoms with Crippen molar-refractivity contribution in [3.63, 3.8) is 0 Å². The number of anilines is 3. The summed E-state index contributed by atoms with van der Waals surface area (Å²) < 4.78 is 5.52. The fraction of sp³-hybridized carbons (Fsp3) is 0.350. The molecule has 2 aromatic rings. The zero-order valence-electron chi connectivity index (χ0n) is 15.2. The lowest BCUT2D eigenvalue weighted by molar-refractivity contribution is 0.0578. The minimum Gasteiger partial charge on any atom is -0.443 e. The number of fused-ring (bicyclic) bond motifs is 1. The van der Waals surface area contributed by atoms with E-state index in [1.165, 1.54) is 0 Å². The van der Waals surface area contributed by atoms with Crippen LogP contribution in [0.3, 0.4) is 0 Å². The molecule has 1 amide bonds.